The third-order valence-electron chi connectivity index (χ3n) is 17.6. The van der Waals surface area contributed by atoms with E-state index in [0.29, 0.717) is 164 Å². The highest BCUT2D eigenvalue weighted by Gasteiger charge is 2.59. The van der Waals surface area contributed by atoms with E-state index in [4.69, 9.17) is 61.6 Å². The SMILES string of the molecule is CC(C)CCC[C@@H](C)[C@H]1CC[C@H]2[C@@H]3CC=C4CC(OC(=O)CNC(=O)CCOCCOCCOCCOCCOCCOCCOCCOCCOCCOCCOCCOCCNC(=O)CCN5C(=O)C=CC5=O)CC[C@]4(C)[C@H]3CC[C@]12C. The molecule has 1 aliphatic heterocycles. The summed E-state index contributed by atoms with van der Waals surface area (Å²) in [5, 5.41) is 5.39. The van der Waals surface area contributed by atoms with E-state index in [0.717, 1.165) is 59.7 Å². The van der Waals surface area contributed by atoms with Crippen molar-refractivity contribution < 1.29 is 85.6 Å². The summed E-state index contributed by atoms with van der Waals surface area (Å²) in [6.45, 7) is 22.8. The molecule has 2 N–H and O–H groups in total. The van der Waals surface area contributed by atoms with Crippen molar-refractivity contribution in [1.82, 2.24) is 15.5 Å². The first-order valence-corrected chi connectivity index (χ1v) is 31.7. The molecule has 1 heterocycles. The van der Waals surface area contributed by atoms with Crippen molar-refractivity contribution in [2.75, 3.05) is 178 Å². The Hall–Kier alpha value is -3.45. The molecular weight excluding hydrogens is 1090 g/mol. The number of hydrogen-bond acceptors (Lipinski definition) is 18. The molecule has 21 heteroatoms. The second-order valence-electron chi connectivity index (χ2n) is 23.8. The van der Waals surface area contributed by atoms with Gasteiger partial charge in [0, 0.05) is 44.5 Å². The number of carbonyl (C=O) groups excluding carboxylic acids is 5. The average Bonchev–Trinajstić information content (AvgIpc) is 1.44. The van der Waals surface area contributed by atoms with Gasteiger partial charge in [0.15, 0.2) is 0 Å². The van der Waals surface area contributed by atoms with E-state index in [2.05, 4.69) is 51.3 Å². The van der Waals surface area contributed by atoms with Crippen molar-refractivity contribution in [1.29, 1.82) is 0 Å². The fraction of sp³-hybridized carbons (Fsp3) is 0.857. The van der Waals surface area contributed by atoms with E-state index in [1.54, 1.807) is 0 Å². The highest BCUT2D eigenvalue weighted by molar-refractivity contribution is 6.13. The molecular formula is C63H107N3O18. The molecule has 8 atom stereocenters. The fourth-order valence-corrected chi connectivity index (χ4v) is 13.1. The number of allylic oxidation sites excluding steroid dienone is 1. The number of fused-ring (bicyclic) bond motifs is 5. The fourth-order valence-electron chi connectivity index (χ4n) is 13.1. The van der Waals surface area contributed by atoms with E-state index in [-0.39, 0.29) is 61.8 Å². The molecule has 5 aliphatic rings. The average molecular weight is 1190 g/mol. The molecule has 3 saturated carbocycles. The minimum atomic E-state index is -0.401. The molecule has 0 aromatic heterocycles. The van der Waals surface area contributed by atoms with Crippen molar-refractivity contribution >= 4 is 29.6 Å². The molecule has 4 amide bonds. The zero-order chi connectivity index (χ0) is 60.1. The molecule has 5 rings (SSSR count). The normalized spacial score (nSPS) is 24.0. The molecule has 482 valence electrons. The number of esters is 1. The third-order valence-corrected chi connectivity index (χ3v) is 17.6. The van der Waals surface area contributed by atoms with Crippen LogP contribution in [0.1, 0.15) is 118 Å². The van der Waals surface area contributed by atoms with E-state index >= 15 is 0 Å². The molecule has 0 saturated heterocycles. The van der Waals surface area contributed by atoms with Crippen LogP contribution in [0, 0.1) is 46.3 Å². The van der Waals surface area contributed by atoms with Crippen LogP contribution in [0.3, 0.4) is 0 Å². The zero-order valence-electron chi connectivity index (χ0n) is 51.9. The summed E-state index contributed by atoms with van der Waals surface area (Å²) in [6, 6.07) is 0. The van der Waals surface area contributed by atoms with Gasteiger partial charge in [0.25, 0.3) is 11.8 Å². The summed E-state index contributed by atoms with van der Waals surface area (Å²) in [5.41, 5.74) is 2.18. The van der Waals surface area contributed by atoms with Crippen molar-refractivity contribution in [3.8, 4) is 0 Å². The molecule has 0 bridgehead atoms. The molecule has 0 aromatic carbocycles. The Morgan fingerprint density at radius 3 is 1.50 bits per heavy atom. The molecule has 4 aliphatic carbocycles. The predicted molar refractivity (Wildman–Crippen MR) is 314 cm³/mol. The highest BCUT2D eigenvalue weighted by atomic mass is 16.6. The van der Waals surface area contributed by atoms with Crippen LogP contribution in [0.5, 0.6) is 0 Å². The van der Waals surface area contributed by atoms with Crippen LogP contribution in [0.4, 0.5) is 0 Å². The van der Waals surface area contributed by atoms with Crippen molar-refractivity contribution in [2.45, 2.75) is 124 Å². The number of carbonyl (C=O) groups is 5. The monoisotopic (exact) mass is 1190 g/mol. The van der Waals surface area contributed by atoms with Gasteiger partial charge in [-0.3, -0.25) is 28.9 Å². The first kappa shape index (κ1) is 71.3. The van der Waals surface area contributed by atoms with E-state index in [1.165, 1.54) is 69.1 Å². The Kier molecular flexibility index (Phi) is 35.4. The van der Waals surface area contributed by atoms with Crippen LogP contribution in [-0.4, -0.2) is 219 Å². The number of nitrogens with one attached hydrogen (secondary N) is 2. The van der Waals surface area contributed by atoms with Crippen LogP contribution in [0.15, 0.2) is 23.8 Å². The lowest BCUT2D eigenvalue weighted by Gasteiger charge is -2.58. The number of rotatable bonds is 50. The quantitative estimate of drug-likeness (QED) is 0.0304. The Labute approximate surface area is 501 Å². The van der Waals surface area contributed by atoms with Crippen LogP contribution in [0.2, 0.25) is 0 Å². The van der Waals surface area contributed by atoms with E-state index in [1.807, 2.05) is 0 Å². The van der Waals surface area contributed by atoms with Crippen LogP contribution in [0.25, 0.3) is 0 Å². The van der Waals surface area contributed by atoms with E-state index < -0.39 is 11.8 Å². The molecule has 21 nitrogen and oxygen atoms in total. The van der Waals surface area contributed by atoms with Crippen molar-refractivity contribution in [3.05, 3.63) is 23.8 Å². The molecule has 84 heavy (non-hydrogen) atoms. The lowest BCUT2D eigenvalue weighted by Crippen LogP contribution is -2.51. The molecule has 3 fully saturated rings. The standard InChI is InChI=1S/C63H107N3O18/c1-49(2)7-6-8-50(3)54-11-12-55-53-10-9-51-47-52(15-19-62(51,4)56(53)16-20-63(54,55)5)84-61(71)48-65-58(68)18-23-72-25-27-74-29-31-76-33-35-78-37-39-80-41-43-82-45-46-83-44-42-81-40-38-79-36-34-77-32-30-75-28-26-73-24-21-64-57(67)17-22-66-59(69)13-14-60(66)70/h9,13-14,49-50,52-56H,6-8,10-12,15-48H2,1-5H3,(H,64,67)(H,65,68)/t50-,52?,53+,54-,55+,56+,62+,63-/m1/s1. The predicted octanol–water partition coefficient (Wildman–Crippen LogP) is 6.08. The van der Waals surface area contributed by atoms with E-state index in [9.17, 15) is 24.0 Å². The van der Waals surface area contributed by atoms with Crippen molar-refractivity contribution in [3.63, 3.8) is 0 Å². The second-order valence-corrected chi connectivity index (χ2v) is 23.8. The topological polar surface area (TPSA) is 233 Å². The van der Waals surface area contributed by atoms with Gasteiger partial charge in [-0.05, 0) is 91.3 Å². The Morgan fingerprint density at radius 2 is 1.01 bits per heavy atom. The summed E-state index contributed by atoms with van der Waals surface area (Å²) in [7, 11) is 0. The smallest absolute Gasteiger partial charge is 0.325 e. The lowest BCUT2D eigenvalue weighted by atomic mass is 9.47. The molecule has 0 spiro atoms. The Morgan fingerprint density at radius 1 is 0.548 bits per heavy atom. The van der Waals surface area contributed by atoms with Gasteiger partial charge in [-0.1, -0.05) is 65.5 Å². The first-order chi connectivity index (χ1) is 40.8. The van der Waals surface area contributed by atoms with Crippen LogP contribution >= 0.6 is 0 Å². The van der Waals surface area contributed by atoms with Gasteiger partial charge >= 0.3 is 5.97 Å². The largest absolute Gasteiger partial charge is 0.461 e. The van der Waals surface area contributed by atoms with Gasteiger partial charge in [0.1, 0.15) is 12.6 Å². The minimum Gasteiger partial charge on any atom is -0.461 e. The second kappa shape index (κ2) is 41.7. The number of amides is 4. The number of imide groups is 1. The van der Waals surface area contributed by atoms with Crippen molar-refractivity contribution in [2.24, 2.45) is 46.3 Å². The summed E-state index contributed by atoms with van der Waals surface area (Å²) >= 11 is 0. The maximum Gasteiger partial charge on any atom is 0.325 e. The summed E-state index contributed by atoms with van der Waals surface area (Å²) in [5.74, 6) is 3.12. The number of hydrogen-bond donors (Lipinski definition) is 2. The molecule has 0 aromatic rings. The number of ether oxygens (including phenoxy) is 13. The Balaban J connectivity index is 0.687. The highest BCUT2D eigenvalue weighted by Crippen LogP contribution is 2.67. The van der Waals surface area contributed by atoms with Gasteiger partial charge in [0.2, 0.25) is 11.8 Å². The third kappa shape index (κ3) is 26.5. The van der Waals surface area contributed by atoms with Crippen LogP contribution in [-0.2, 0) is 85.6 Å². The maximum absolute atomic E-state index is 12.8. The maximum atomic E-state index is 12.8. The first-order valence-electron chi connectivity index (χ1n) is 31.7. The lowest BCUT2D eigenvalue weighted by molar-refractivity contribution is -0.151. The summed E-state index contributed by atoms with van der Waals surface area (Å²) < 4.78 is 72.1. The summed E-state index contributed by atoms with van der Waals surface area (Å²) in [4.78, 5) is 61.2. The number of nitrogens with zero attached hydrogens (tertiary/aromatic N) is 1. The Bertz CT molecular complexity index is 1920. The molecule has 1 unspecified atom stereocenters. The van der Waals surface area contributed by atoms with Gasteiger partial charge in [-0.2, -0.15) is 0 Å². The van der Waals surface area contributed by atoms with Crippen LogP contribution < -0.4 is 10.6 Å². The zero-order valence-corrected chi connectivity index (χ0v) is 51.9. The van der Waals surface area contributed by atoms with Gasteiger partial charge in [0.05, 0.1) is 159 Å². The minimum absolute atomic E-state index is 0.0452. The van der Waals surface area contributed by atoms with Gasteiger partial charge in [-0.15, -0.1) is 0 Å². The molecule has 0 radical (unpaired) electrons. The summed E-state index contributed by atoms with van der Waals surface area (Å²) in [6.07, 6.45) is 18.5. The van der Waals surface area contributed by atoms with Gasteiger partial charge < -0.3 is 72.2 Å². The van der Waals surface area contributed by atoms with Gasteiger partial charge in [-0.25, -0.2) is 0 Å².